The summed E-state index contributed by atoms with van der Waals surface area (Å²) in [5.41, 5.74) is 3.46. The Morgan fingerprint density at radius 1 is 1.37 bits per heavy atom. The molecule has 1 aromatic heterocycles. The Morgan fingerprint density at radius 2 is 2.16 bits per heavy atom. The number of nitrogens with zero attached hydrogens (tertiary/aromatic N) is 2. The Balaban J connectivity index is 2.13. The molecule has 0 aliphatic carbocycles. The Labute approximate surface area is 114 Å². The van der Waals surface area contributed by atoms with Gasteiger partial charge in [-0.15, -0.1) is 0 Å². The number of hydrogen-bond donors (Lipinski definition) is 1. The minimum Gasteiger partial charge on any atom is -0.494 e. The van der Waals surface area contributed by atoms with Gasteiger partial charge in [0.1, 0.15) is 5.75 Å². The zero-order chi connectivity index (χ0) is 13.8. The Hall–Kier alpha value is -1.97. The normalized spacial score (nSPS) is 12.2. The van der Waals surface area contributed by atoms with E-state index in [4.69, 9.17) is 4.74 Å². The monoisotopic (exact) mass is 259 g/mol. The van der Waals surface area contributed by atoms with E-state index < -0.39 is 0 Å². The van der Waals surface area contributed by atoms with Crippen molar-refractivity contribution in [1.82, 2.24) is 9.78 Å². The van der Waals surface area contributed by atoms with Crippen molar-refractivity contribution in [2.24, 2.45) is 7.05 Å². The van der Waals surface area contributed by atoms with Gasteiger partial charge in [-0.1, -0.05) is 0 Å². The van der Waals surface area contributed by atoms with Gasteiger partial charge in [-0.05, 0) is 50.6 Å². The standard InChI is InChI=1S/C15H21N3O/c1-5-19-13-6-7-14(11(2)10-13)17-12(3)15-8-9-16-18(15)4/h6-10,12,17H,5H2,1-4H3. The van der Waals surface area contributed by atoms with E-state index in [0.29, 0.717) is 6.61 Å². The maximum atomic E-state index is 5.50. The van der Waals surface area contributed by atoms with Gasteiger partial charge < -0.3 is 10.1 Å². The van der Waals surface area contributed by atoms with Crippen LogP contribution in [0, 0.1) is 6.92 Å². The molecule has 0 radical (unpaired) electrons. The second-order valence-corrected chi connectivity index (χ2v) is 4.66. The van der Waals surface area contributed by atoms with E-state index in [1.165, 1.54) is 5.56 Å². The lowest BCUT2D eigenvalue weighted by molar-refractivity contribution is 0.340. The van der Waals surface area contributed by atoms with Crippen molar-refractivity contribution in [2.75, 3.05) is 11.9 Å². The predicted molar refractivity (Wildman–Crippen MR) is 77.6 cm³/mol. The highest BCUT2D eigenvalue weighted by Crippen LogP contribution is 2.25. The van der Waals surface area contributed by atoms with E-state index in [0.717, 1.165) is 17.1 Å². The third kappa shape index (κ3) is 3.08. The number of aromatic nitrogens is 2. The Morgan fingerprint density at radius 3 is 2.74 bits per heavy atom. The van der Waals surface area contributed by atoms with Crippen LogP contribution in [0.1, 0.15) is 31.1 Å². The molecule has 0 aliphatic heterocycles. The Bertz CT molecular complexity index is 548. The summed E-state index contributed by atoms with van der Waals surface area (Å²) < 4.78 is 7.39. The molecule has 4 heteroatoms. The van der Waals surface area contributed by atoms with Gasteiger partial charge in [0.2, 0.25) is 0 Å². The second-order valence-electron chi connectivity index (χ2n) is 4.66. The van der Waals surface area contributed by atoms with Crippen LogP contribution in [0.15, 0.2) is 30.5 Å². The molecule has 1 atom stereocenters. The molecule has 0 amide bonds. The highest BCUT2D eigenvalue weighted by Gasteiger charge is 2.10. The van der Waals surface area contributed by atoms with E-state index in [-0.39, 0.29) is 6.04 Å². The van der Waals surface area contributed by atoms with Crippen LogP contribution in [0.3, 0.4) is 0 Å². The summed E-state index contributed by atoms with van der Waals surface area (Å²) in [5.74, 6) is 0.915. The summed E-state index contributed by atoms with van der Waals surface area (Å²) in [6.45, 7) is 6.90. The molecule has 0 saturated carbocycles. The average molecular weight is 259 g/mol. The van der Waals surface area contributed by atoms with Gasteiger partial charge in [-0.3, -0.25) is 4.68 Å². The molecule has 0 saturated heterocycles. The number of anilines is 1. The maximum absolute atomic E-state index is 5.50. The lowest BCUT2D eigenvalue weighted by Crippen LogP contribution is -2.12. The smallest absolute Gasteiger partial charge is 0.119 e. The summed E-state index contributed by atoms with van der Waals surface area (Å²) >= 11 is 0. The molecule has 0 bridgehead atoms. The number of aryl methyl sites for hydroxylation is 2. The van der Waals surface area contributed by atoms with Crippen LogP contribution in [0.4, 0.5) is 5.69 Å². The summed E-state index contributed by atoms with van der Waals surface area (Å²) in [7, 11) is 1.96. The van der Waals surface area contributed by atoms with Crippen molar-refractivity contribution in [1.29, 1.82) is 0 Å². The molecule has 2 aromatic rings. The fourth-order valence-electron chi connectivity index (χ4n) is 2.17. The van der Waals surface area contributed by atoms with Crippen LogP contribution in [0.25, 0.3) is 0 Å². The number of nitrogens with one attached hydrogen (secondary N) is 1. The number of ether oxygens (including phenoxy) is 1. The first kappa shape index (κ1) is 13.5. The van der Waals surface area contributed by atoms with Crippen molar-refractivity contribution >= 4 is 5.69 Å². The van der Waals surface area contributed by atoms with E-state index >= 15 is 0 Å². The summed E-state index contributed by atoms with van der Waals surface area (Å²) in [6, 6.07) is 8.36. The van der Waals surface area contributed by atoms with Gasteiger partial charge in [0.05, 0.1) is 18.3 Å². The van der Waals surface area contributed by atoms with Gasteiger partial charge in [0.15, 0.2) is 0 Å². The first-order valence-electron chi connectivity index (χ1n) is 6.59. The quantitative estimate of drug-likeness (QED) is 0.895. The molecule has 1 unspecified atom stereocenters. The van der Waals surface area contributed by atoms with Crippen LogP contribution >= 0.6 is 0 Å². The van der Waals surface area contributed by atoms with Gasteiger partial charge in [-0.25, -0.2) is 0 Å². The summed E-state index contributed by atoms with van der Waals surface area (Å²) in [4.78, 5) is 0. The zero-order valence-electron chi connectivity index (χ0n) is 12.0. The molecular weight excluding hydrogens is 238 g/mol. The lowest BCUT2D eigenvalue weighted by atomic mass is 10.1. The average Bonchev–Trinajstić information content (AvgIpc) is 2.79. The second kappa shape index (κ2) is 5.78. The fourth-order valence-corrected chi connectivity index (χ4v) is 2.17. The van der Waals surface area contributed by atoms with E-state index in [1.54, 1.807) is 0 Å². The summed E-state index contributed by atoms with van der Waals surface area (Å²) in [6.07, 6.45) is 1.82. The van der Waals surface area contributed by atoms with Crippen molar-refractivity contribution in [3.05, 3.63) is 41.7 Å². The molecule has 2 rings (SSSR count). The first-order valence-corrected chi connectivity index (χ1v) is 6.59. The minimum absolute atomic E-state index is 0.212. The van der Waals surface area contributed by atoms with Gasteiger partial charge in [0.25, 0.3) is 0 Å². The van der Waals surface area contributed by atoms with Crippen LogP contribution in [-0.2, 0) is 7.05 Å². The van der Waals surface area contributed by atoms with Crippen molar-refractivity contribution in [2.45, 2.75) is 26.8 Å². The van der Waals surface area contributed by atoms with Crippen LogP contribution in [0.5, 0.6) is 5.75 Å². The van der Waals surface area contributed by atoms with Crippen molar-refractivity contribution < 1.29 is 4.74 Å². The first-order chi connectivity index (χ1) is 9.11. The van der Waals surface area contributed by atoms with Gasteiger partial charge in [-0.2, -0.15) is 5.10 Å². The molecule has 19 heavy (non-hydrogen) atoms. The molecule has 0 spiro atoms. The summed E-state index contributed by atoms with van der Waals surface area (Å²) in [5, 5.41) is 7.70. The molecule has 4 nitrogen and oxygen atoms in total. The Kier molecular flexibility index (Phi) is 4.10. The minimum atomic E-state index is 0.212. The highest BCUT2D eigenvalue weighted by atomic mass is 16.5. The predicted octanol–water partition coefficient (Wildman–Crippen LogP) is 3.30. The van der Waals surface area contributed by atoms with Gasteiger partial charge in [0, 0.05) is 18.9 Å². The third-order valence-corrected chi connectivity index (χ3v) is 3.18. The van der Waals surface area contributed by atoms with Crippen LogP contribution in [0.2, 0.25) is 0 Å². The SMILES string of the molecule is CCOc1ccc(NC(C)c2ccnn2C)c(C)c1. The van der Waals surface area contributed by atoms with E-state index in [9.17, 15) is 0 Å². The third-order valence-electron chi connectivity index (χ3n) is 3.18. The molecule has 0 aliphatic rings. The fraction of sp³-hybridized carbons (Fsp3) is 0.400. The maximum Gasteiger partial charge on any atom is 0.119 e. The molecule has 1 N–H and O–H groups in total. The molecule has 1 heterocycles. The van der Waals surface area contributed by atoms with Gasteiger partial charge >= 0.3 is 0 Å². The largest absolute Gasteiger partial charge is 0.494 e. The molecule has 1 aromatic carbocycles. The number of benzene rings is 1. The number of hydrogen-bond acceptors (Lipinski definition) is 3. The van der Waals surface area contributed by atoms with Crippen LogP contribution < -0.4 is 10.1 Å². The zero-order valence-corrected chi connectivity index (χ0v) is 12.0. The van der Waals surface area contributed by atoms with E-state index in [1.807, 2.05) is 37.0 Å². The number of rotatable bonds is 5. The molecule has 0 fully saturated rings. The molecular formula is C15H21N3O. The lowest BCUT2D eigenvalue weighted by Gasteiger charge is -2.18. The van der Waals surface area contributed by atoms with Crippen molar-refractivity contribution in [3.63, 3.8) is 0 Å². The van der Waals surface area contributed by atoms with Crippen LogP contribution in [-0.4, -0.2) is 16.4 Å². The molecule has 102 valence electrons. The highest BCUT2D eigenvalue weighted by molar-refractivity contribution is 5.54. The van der Waals surface area contributed by atoms with Crippen molar-refractivity contribution in [3.8, 4) is 5.75 Å². The van der Waals surface area contributed by atoms with E-state index in [2.05, 4.69) is 36.4 Å². The topological polar surface area (TPSA) is 39.1 Å².